The molecule has 0 aliphatic heterocycles. The monoisotopic (exact) mass is 747 g/mol. The van der Waals surface area contributed by atoms with Crippen LogP contribution in [-0.2, 0) is 29.3 Å². The summed E-state index contributed by atoms with van der Waals surface area (Å²) in [5, 5.41) is 15.1. The van der Waals surface area contributed by atoms with Crippen LogP contribution in [0.3, 0.4) is 0 Å². The molecule has 4 nitrogen and oxygen atoms in total. The molecule has 0 aliphatic carbocycles. The fourth-order valence-corrected chi connectivity index (χ4v) is 6.34. The third-order valence-corrected chi connectivity index (χ3v) is 8.98. The average Bonchev–Trinajstić information content (AvgIpc) is 3.12. The number of unbranched alkanes of at least 4 members (excludes halogenated alkanes) is 14. The van der Waals surface area contributed by atoms with E-state index in [-0.39, 0.29) is 29.7 Å². The number of allylic oxidation sites excluding steroid dienone is 2. The van der Waals surface area contributed by atoms with Crippen molar-refractivity contribution < 1.29 is 31.5 Å². The van der Waals surface area contributed by atoms with Crippen LogP contribution in [0.25, 0.3) is 11.1 Å². The molecule has 0 aromatic heterocycles. The Labute approximate surface area is 325 Å². The Bertz CT molecular complexity index is 1210. The summed E-state index contributed by atoms with van der Waals surface area (Å²) < 4.78 is 0. The van der Waals surface area contributed by atoms with Crippen LogP contribution in [0.15, 0.2) is 59.7 Å². The molecule has 0 unspecified atom stereocenters. The minimum atomic E-state index is 0. The molecule has 5 heteroatoms. The molecule has 0 fully saturated rings. The minimum Gasteiger partial charge on any atom is -0.397 e. The van der Waals surface area contributed by atoms with E-state index in [2.05, 4.69) is 86.9 Å². The third-order valence-electron chi connectivity index (χ3n) is 8.98. The molecule has 292 valence electrons. The first-order chi connectivity index (χ1) is 24.5. The molecule has 0 bridgehead atoms. The fraction of sp³-hybridized carbons (Fsp3) is 0.652. The first kappa shape index (κ1) is 50.9. The van der Waals surface area contributed by atoms with Gasteiger partial charge in [0.2, 0.25) is 0 Å². The molecule has 0 atom stereocenters. The van der Waals surface area contributed by atoms with Gasteiger partial charge in [-0.25, -0.2) is 0 Å². The number of aliphatic hydroxyl groups excluding tert-OH is 2. The van der Waals surface area contributed by atoms with Crippen molar-refractivity contribution in [3.8, 4) is 0 Å². The summed E-state index contributed by atoms with van der Waals surface area (Å²) in [5.74, 6) is 3.11. The van der Waals surface area contributed by atoms with E-state index in [0.717, 1.165) is 44.1 Å². The zero-order valence-electron chi connectivity index (χ0n) is 33.7. The van der Waals surface area contributed by atoms with Crippen LogP contribution in [0.2, 0.25) is 0 Å². The second kappa shape index (κ2) is 37.5. The van der Waals surface area contributed by atoms with Crippen molar-refractivity contribution in [3.63, 3.8) is 0 Å². The Morgan fingerprint density at radius 3 is 1.41 bits per heavy atom. The van der Waals surface area contributed by atoms with Crippen LogP contribution in [0.1, 0.15) is 192 Å². The van der Waals surface area contributed by atoms with Crippen molar-refractivity contribution in [1.29, 1.82) is 0 Å². The fourth-order valence-electron chi connectivity index (χ4n) is 6.34. The number of benzene rings is 2. The zero-order valence-corrected chi connectivity index (χ0v) is 34.7. The summed E-state index contributed by atoms with van der Waals surface area (Å²) in [4.78, 5) is 3.52. The number of rotatable bonds is 25. The molecule has 2 aromatic carbocycles. The minimum absolute atomic E-state index is 0. The Hall–Kier alpha value is -2.25. The zero-order chi connectivity index (χ0) is 37.1. The molecular formula is C46H76N2NiO2. The molecular weight excluding hydrogens is 671 g/mol. The van der Waals surface area contributed by atoms with E-state index in [1.54, 1.807) is 13.8 Å². The molecule has 0 saturated carbocycles. The summed E-state index contributed by atoms with van der Waals surface area (Å²) in [6, 6.07) is 18.5. The van der Waals surface area contributed by atoms with E-state index in [4.69, 9.17) is 10.2 Å². The van der Waals surface area contributed by atoms with Crippen molar-refractivity contribution in [2.24, 2.45) is 0 Å². The van der Waals surface area contributed by atoms with Gasteiger partial charge in [0.15, 0.2) is 0 Å². The molecule has 2 aromatic rings. The molecule has 0 saturated heterocycles. The van der Waals surface area contributed by atoms with Gasteiger partial charge in [0.25, 0.3) is 0 Å². The summed E-state index contributed by atoms with van der Waals surface area (Å²) in [7, 11) is 0. The predicted octanol–water partition coefficient (Wildman–Crippen LogP) is 13.3. The van der Waals surface area contributed by atoms with Crippen LogP contribution in [0.4, 0.5) is 0 Å². The average molecular weight is 748 g/mol. The SMILES string of the molecule is CCCCCCCCCCCC(=C=[N+]=[N-])C(CCCCC)=C(c1cccc(CCCC)c1)c1cccc(CCCCCC)c1.CCO.CCO.[Ni]. The largest absolute Gasteiger partial charge is 0.397 e. The number of hydrogen-bond donors (Lipinski definition) is 2. The maximum absolute atomic E-state index is 9.82. The summed E-state index contributed by atoms with van der Waals surface area (Å²) in [6.07, 6.45) is 26.9. The van der Waals surface area contributed by atoms with Gasteiger partial charge >= 0.3 is 5.87 Å². The van der Waals surface area contributed by atoms with Crippen molar-refractivity contribution in [3.05, 3.63) is 87.5 Å². The Kier molecular flexibility index (Phi) is 37.4. The number of aliphatic hydroxyl groups is 2. The first-order valence-electron chi connectivity index (χ1n) is 20.6. The van der Waals surface area contributed by atoms with Crippen LogP contribution in [0.5, 0.6) is 0 Å². The van der Waals surface area contributed by atoms with E-state index in [0.29, 0.717) is 0 Å². The Balaban J connectivity index is 0. The summed E-state index contributed by atoms with van der Waals surface area (Å²) in [5.41, 5.74) is 19.0. The second-order valence-corrected chi connectivity index (χ2v) is 13.5. The standard InChI is InChI=1S/C42H64N2.2C2H6O.Ni/c1-5-9-13-15-16-17-18-19-22-29-40(35-44-43)41(32-20-11-7-3)42(38-30-23-27-36(33-38)25-12-8-4)39-31-24-28-37(34-39)26-21-14-10-6-2;2*1-2-3;/h23-24,27-28,30-31,33-34H,5-22,25-26,29,32H2,1-4H3;2*3H,2H2,1H3;. The van der Waals surface area contributed by atoms with Crippen LogP contribution >= 0.6 is 0 Å². The van der Waals surface area contributed by atoms with Gasteiger partial charge in [0.1, 0.15) is 0 Å². The van der Waals surface area contributed by atoms with Gasteiger partial charge in [-0.1, -0.05) is 166 Å². The molecule has 2 N–H and O–H groups in total. The molecule has 51 heavy (non-hydrogen) atoms. The van der Waals surface area contributed by atoms with E-state index in [9.17, 15) is 5.53 Å². The maximum atomic E-state index is 9.82. The molecule has 0 spiro atoms. The smallest absolute Gasteiger partial charge is 0.303 e. The van der Waals surface area contributed by atoms with E-state index in [1.807, 2.05) is 0 Å². The Morgan fingerprint density at radius 2 is 0.941 bits per heavy atom. The second-order valence-electron chi connectivity index (χ2n) is 13.5. The van der Waals surface area contributed by atoms with Crippen molar-refractivity contribution in [2.45, 2.75) is 183 Å². The van der Waals surface area contributed by atoms with Crippen molar-refractivity contribution in [2.75, 3.05) is 13.2 Å². The molecule has 0 amide bonds. The van der Waals surface area contributed by atoms with Gasteiger partial charge in [-0.15, -0.1) is 4.79 Å². The van der Waals surface area contributed by atoms with Gasteiger partial charge < -0.3 is 15.7 Å². The molecule has 2 rings (SSSR count). The van der Waals surface area contributed by atoms with Crippen LogP contribution < -0.4 is 0 Å². The van der Waals surface area contributed by atoms with Gasteiger partial charge in [-0.3, -0.25) is 0 Å². The molecule has 0 aliphatic rings. The quantitative estimate of drug-likeness (QED) is 0.0265. The summed E-state index contributed by atoms with van der Waals surface area (Å²) in [6.45, 7) is 13.0. The Morgan fingerprint density at radius 1 is 0.549 bits per heavy atom. The van der Waals surface area contributed by atoms with E-state index >= 15 is 0 Å². The van der Waals surface area contributed by atoms with Gasteiger partial charge in [-0.05, 0) is 98.6 Å². The number of hydrogen-bond acceptors (Lipinski definition) is 2. The maximum Gasteiger partial charge on any atom is 0.303 e. The van der Waals surface area contributed by atoms with Crippen molar-refractivity contribution in [1.82, 2.24) is 0 Å². The third kappa shape index (κ3) is 25.4. The van der Waals surface area contributed by atoms with E-state index in [1.165, 1.54) is 136 Å². The first-order valence-corrected chi connectivity index (χ1v) is 20.6. The van der Waals surface area contributed by atoms with Crippen molar-refractivity contribution >= 4 is 11.4 Å². The van der Waals surface area contributed by atoms with Gasteiger partial charge in [0, 0.05) is 29.7 Å². The topological polar surface area (TPSA) is 76.9 Å². The normalized spacial score (nSPS) is 10.7. The van der Waals surface area contributed by atoms with Gasteiger partial charge in [-0.2, -0.15) is 0 Å². The molecule has 0 heterocycles. The van der Waals surface area contributed by atoms with Crippen LogP contribution in [-0.4, -0.2) is 34.1 Å². The number of nitrogens with zero attached hydrogens (tertiary/aromatic N) is 2. The number of aryl methyl sites for hydroxylation is 2. The van der Waals surface area contributed by atoms with Gasteiger partial charge in [0.05, 0.1) is 5.57 Å². The summed E-state index contributed by atoms with van der Waals surface area (Å²) >= 11 is 0. The predicted molar refractivity (Wildman–Crippen MR) is 219 cm³/mol. The molecule has 0 radical (unpaired) electrons. The van der Waals surface area contributed by atoms with Crippen LogP contribution in [0, 0.1) is 0 Å². The van der Waals surface area contributed by atoms with E-state index < -0.39 is 0 Å².